The van der Waals surface area contributed by atoms with Gasteiger partial charge in [0.25, 0.3) is 5.91 Å². The topological polar surface area (TPSA) is 108 Å². The zero-order valence-electron chi connectivity index (χ0n) is 29.4. The van der Waals surface area contributed by atoms with Crippen molar-refractivity contribution in [2.75, 3.05) is 26.7 Å². The number of carbonyl (C=O) groups excluding carboxylic acids is 4. The summed E-state index contributed by atoms with van der Waals surface area (Å²) >= 11 is 0. The normalized spacial score (nSPS) is 19.6. The summed E-state index contributed by atoms with van der Waals surface area (Å²) in [5.41, 5.74) is 2.74. The molecule has 0 unspecified atom stereocenters. The number of rotatable bonds is 10. The highest BCUT2D eigenvalue weighted by molar-refractivity contribution is 5.94. The van der Waals surface area contributed by atoms with Crippen molar-refractivity contribution in [1.29, 1.82) is 0 Å². The van der Waals surface area contributed by atoms with E-state index in [2.05, 4.69) is 22.8 Å². The molecule has 6 rings (SSSR count). The molecule has 3 atom stereocenters. The highest BCUT2D eigenvalue weighted by Crippen LogP contribution is 2.24. The Balaban J connectivity index is 1.12. The molecule has 51 heavy (non-hydrogen) atoms. The molecule has 0 aromatic heterocycles. The van der Waals surface area contributed by atoms with Gasteiger partial charge in [-0.3, -0.25) is 19.2 Å². The predicted octanol–water partition coefficient (Wildman–Crippen LogP) is 5.70. The predicted molar refractivity (Wildman–Crippen MR) is 198 cm³/mol. The number of nitrogens with zero attached hydrogens (tertiary/aromatic N) is 2. The van der Waals surface area contributed by atoms with Crippen LogP contribution in [0.2, 0.25) is 0 Å². The molecule has 2 aliphatic heterocycles. The smallest absolute Gasteiger partial charge is 0.253 e. The molecule has 2 N–H and O–H groups in total. The van der Waals surface area contributed by atoms with Crippen LogP contribution in [0.4, 0.5) is 0 Å². The Morgan fingerprint density at radius 3 is 2.45 bits per heavy atom. The van der Waals surface area contributed by atoms with E-state index >= 15 is 0 Å². The first-order valence-electron chi connectivity index (χ1n) is 18.2. The first-order valence-corrected chi connectivity index (χ1v) is 18.2. The van der Waals surface area contributed by atoms with Crippen molar-refractivity contribution in [2.45, 2.75) is 75.9 Å². The van der Waals surface area contributed by atoms with Crippen molar-refractivity contribution in [2.24, 2.45) is 0 Å². The van der Waals surface area contributed by atoms with Gasteiger partial charge in [0.1, 0.15) is 18.4 Å². The molecule has 4 aromatic carbocycles. The Kier molecular flexibility index (Phi) is 12.0. The third-order valence-corrected chi connectivity index (χ3v) is 9.94. The molecule has 266 valence electrons. The number of hydrogen-bond donors (Lipinski definition) is 2. The van der Waals surface area contributed by atoms with Gasteiger partial charge in [-0.25, -0.2) is 0 Å². The molecular formula is C42H48N4O5. The number of unbranched alkanes of at least 4 members (excludes halogenated alkanes) is 2. The molecule has 1 saturated heterocycles. The van der Waals surface area contributed by atoms with Crippen molar-refractivity contribution in [3.8, 4) is 5.75 Å². The number of fused-ring (bicyclic) bond motifs is 4. The third-order valence-electron chi connectivity index (χ3n) is 9.94. The minimum absolute atomic E-state index is 0.110. The highest BCUT2D eigenvalue weighted by atomic mass is 16.5. The summed E-state index contributed by atoms with van der Waals surface area (Å²) in [5, 5.41) is 8.41. The van der Waals surface area contributed by atoms with Crippen LogP contribution < -0.4 is 15.4 Å². The Labute approximate surface area is 300 Å². The molecule has 2 bridgehead atoms. The van der Waals surface area contributed by atoms with Gasteiger partial charge in [-0.05, 0) is 78.6 Å². The Morgan fingerprint density at radius 1 is 0.804 bits per heavy atom. The van der Waals surface area contributed by atoms with Crippen LogP contribution in [-0.4, -0.2) is 78.3 Å². The Morgan fingerprint density at radius 2 is 1.61 bits per heavy atom. The molecule has 0 radical (unpaired) electrons. The van der Waals surface area contributed by atoms with Gasteiger partial charge in [0.15, 0.2) is 0 Å². The molecule has 0 spiro atoms. The molecule has 4 aromatic rings. The monoisotopic (exact) mass is 688 g/mol. The van der Waals surface area contributed by atoms with Crippen molar-refractivity contribution in [3.05, 3.63) is 114 Å². The van der Waals surface area contributed by atoms with Gasteiger partial charge in [0.05, 0.1) is 12.5 Å². The van der Waals surface area contributed by atoms with E-state index in [1.807, 2.05) is 60.7 Å². The van der Waals surface area contributed by atoms with Gasteiger partial charge >= 0.3 is 0 Å². The number of ether oxygens (including phenoxy) is 1. The van der Waals surface area contributed by atoms with E-state index < -0.39 is 6.04 Å². The van der Waals surface area contributed by atoms with Crippen molar-refractivity contribution < 1.29 is 23.9 Å². The van der Waals surface area contributed by atoms with Gasteiger partial charge in [-0.1, -0.05) is 85.3 Å². The van der Waals surface area contributed by atoms with Crippen LogP contribution in [-0.2, 0) is 27.2 Å². The third kappa shape index (κ3) is 9.75. The van der Waals surface area contributed by atoms with E-state index in [9.17, 15) is 19.2 Å². The van der Waals surface area contributed by atoms with Gasteiger partial charge in [0, 0.05) is 38.2 Å². The van der Waals surface area contributed by atoms with Crippen LogP contribution >= 0.6 is 0 Å². The maximum Gasteiger partial charge on any atom is 0.253 e. The summed E-state index contributed by atoms with van der Waals surface area (Å²) in [6, 6.07) is 30.2. The molecular weight excluding hydrogens is 640 g/mol. The molecule has 2 aliphatic rings. The van der Waals surface area contributed by atoms with E-state index in [1.54, 1.807) is 41.1 Å². The second-order valence-corrected chi connectivity index (χ2v) is 13.9. The first-order chi connectivity index (χ1) is 24.8. The average Bonchev–Trinajstić information content (AvgIpc) is 3.54. The summed E-state index contributed by atoms with van der Waals surface area (Å²) in [4.78, 5) is 57.4. The molecule has 1 fully saturated rings. The van der Waals surface area contributed by atoms with E-state index in [1.165, 1.54) is 5.56 Å². The van der Waals surface area contributed by atoms with Gasteiger partial charge in [0.2, 0.25) is 17.7 Å². The Hall–Kier alpha value is -5.18. The van der Waals surface area contributed by atoms with Gasteiger partial charge in [-0.15, -0.1) is 0 Å². The van der Waals surface area contributed by atoms with Crippen molar-refractivity contribution >= 4 is 34.4 Å². The minimum atomic E-state index is -0.749. The lowest BCUT2D eigenvalue weighted by atomic mass is 10.0. The highest BCUT2D eigenvalue weighted by Gasteiger charge is 2.39. The van der Waals surface area contributed by atoms with Crippen molar-refractivity contribution in [3.63, 3.8) is 0 Å². The molecule has 0 saturated carbocycles. The van der Waals surface area contributed by atoms with Crippen molar-refractivity contribution in [1.82, 2.24) is 20.4 Å². The molecule has 9 heteroatoms. The summed E-state index contributed by atoms with van der Waals surface area (Å²) in [6.45, 7) is 0.943. The fourth-order valence-corrected chi connectivity index (χ4v) is 7.19. The zero-order valence-corrected chi connectivity index (χ0v) is 29.4. The second kappa shape index (κ2) is 17.2. The lowest BCUT2D eigenvalue weighted by Gasteiger charge is -2.30. The summed E-state index contributed by atoms with van der Waals surface area (Å²) in [5.74, 6) is -0.0364. The SMILES string of the molecule is CN1CCC[C@H](NC(=O)CCCCCc2ccccc2)C(=O)N2C[C@@H](NC(=O)Cc3ccc4ccccc4c3)C[C@H]2COc2cccc(c2)C1=O. The number of amides is 4. The van der Waals surface area contributed by atoms with E-state index in [4.69, 9.17) is 4.74 Å². The van der Waals surface area contributed by atoms with Gasteiger partial charge in [-0.2, -0.15) is 0 Å². The van der Waals surface area contributed by atoms with Crippen LogP contribution in [0.1, 0.15) is 66.4 Å². The second-order valence-electron chi connectivity index (χ2n) is 13.9. The van der Waals surface area contributed by atoms with Crippen LogP contribution in [0.3, 0.4) is 0 Å². The van der Waals surface area contributed by atoms with E-state index in [0.29, 0.717) is 50.1 Å². The number of hydrogen-bond acceptors (Lipinski definition) is 5. The first kappa shape index (κ1) is 35.6. The van der Waals surface area contributed by atoms with Crippen LogP contribution in [0.25, 0.3) is 10.8 Å². The fourth-order valence-electron chi connectivity index (χ4n) is 7.19. The average molecular weight is 689 g/mol. The number of aryl methyl sites for hydroxylation is 1. The summed E-state index contributed by atoms with van der Waals surface area (Å²) in [7, 11) is 1.74. The lowest BCUT2D eigenvalue weighted by molar-refractivity contribution is -0.138. The van der Waals surface area contributed by atoms with Crippen LogP contribution in [0.15, 0.2) is 97.1 Å². The standard InChI is InChI=1S/C42H48N4O5/c1-45-23-11-19-38(44-39(47)20-7-3-6-14-30-12-4-2-5-13-30)42(50)46-28-35(27-36(46)29-51-37-18-10-17-34(26-37)41(45)49)43-40(48)25-31-21-22-32-15-8-9-16-33(32)24-31/h2,4-5,8-10,12-13,15-18,21-22,24,26,35-36,38H,3,6-7,11,14,19-20,23,25,27-29H2,1H3,(H,43,48)(H,44,47)/t35-,36-,38-/m0/s1. The molecule has 0 aliphatic carbocycles. The van der Waals surface area contributed by atoms with E-state index in [-0.39, 0.29) is 48.7 Å². The Bertz CT molecular complexity index is 1830. The van der Waals surface area contributed by atoms with Crippen LogP contribution in [0, 0.1) is 0 Å². The van der Waals surface area contributed by atoms with E-state index in [0.717, 1.165) is 42.0 Å². The number of nitrogens with one attached hydrogen (secondary N) is 2. The lowest BCUT2D eigenvalue weighted by Crippen LogP contribution is -2.52. The minimum Gasteiger partial charge on any atom is -0.491 e. The molecule has 9 nitrogen and oxygen atoms in total. The molecule has 4 amide bonds. The van der Waals surface area contributed by atoms with Gasteiger partial charge < -0.3 is 25.2 Å². The molecule has 2 heterocycles. The maximum absolute atomic E-state index is 14.3. The largest absolute Gasteiger partial charge is 0.491 e. The number of carbonyl (C=O) groups is 4. The summed E-state index contributed by atoms with van der Waals surface area (Å²) in [6.07, 6.45) is 5.62. The van der Waals surface area contributed by atoms with Crippen LogP contribution in [0.5, 0.6) is 5.75 Å². The fraction of sp³-hybridized carbons (Fsp3) is 0.381. The quantitative estimate of drug-likeness (QED) is 0.208. The maximum atomic E-state index is 14.3. The summed E-state index contributed by atoms with van der Waals surface area (Å²) < 4.78 is 6.19. The number of benzene rings is 4. The zero-order chi connectivity index (χ0) is 35.6.